The highest BCUT2D eigenvalue weighted by atomic mass is 35.5. The molecule has 122 valence electrons. The van der Waals surface area contributed by atoms with E-state index in [1.807, 2.05) is 0 Å². The summed E-state index contributed by atoms with van der Waals surface area (Å²) in [7, 11) is -1.60. The summed E-state index contributed by atoms with van der Waals surface area (Å²) < 4.78 is 28.3. The first kappa shape index (κ1) is 17.5. The van der Waals surface area contributed by atoms with Gasteiger partial charge in [-0.1, -0.05) is 23.2 Å². The molecule has 1 saturated heterocycles. The van der Waals surface area contributed by atoms with Gasteiger partial charge in [-0.25, -0.2) is 13.4 Å². The van der Waals surface area contributed by atoms with E-state index in [-0.39, 0.29) is 33.9 Å². The fourth-order valence-corrected chi connectivity index (χ4v) is 4.43. The van der Waals surface area contributed by atoms with Crippen LogP contribution in [0.2, 0.25) is 10.2 Å². The van der Waals surface area contributed by atoms with Gasteiger partial charge in [-0.15, -0.1) is 0 Å². The number of sulfone groups is 1. The summed E-state index contributed by atoms with van der Waals surface area (Å²) in [5.41, 5.74) is 0.0227. The number of carbonyl (C=O) groups excluding carboxylic acids is 1. The maximum absolute atomic E-state index is 12.7. The number of halogens is 2. The Morgan fingerprint density at radius 2 is 2.18 bits per heavy atom. The highest BCUT2D eigenvalue weighted by Crippen LogP contribution is 2.23. The minimum atomic E-state index is -3.11. The molecule has 1 aliphatic heterocycles. The van der Waals surface area contributed by atoms with Gasteiger partial charge in [0, 0.05) is 19.7 Å². The predicted molar refractivity (Wildman–Crippen MR) is 84.2 cm³/mol. The van der Waals surface area contributed by atoms with Crippen molar-refractivity contribution in [1.29, 1.82) is 0 Å². The molecule has 0 aliphatic carbocycles. The van der Waals surface area contributed by atoms with Crippen LogP contribution >= 0.6 is 23.2 Å². The van der Waals surface area contributed by atoms with E-state index in [2.05, 4.69) is 4.98 Å². The number of hydrogen-bond acceptors (Lipinski definition) is 5. The Hall–Kier alpha value is -0.890. The monoisotopic (exact) mass is 366 g/mol. The topological polar surface area (TPSA) is 76.6 Å². The number of aromatic nitrogens is 1. The Bertz CT molecular complexity index is 666. The van der Waals surface area contributed by atoms with Crippen LogP contribution in [0.1, 0.15) is 16.9 Å². The van der Waals surface area contributed by atoms with Gasteiger partial charge in [-0.05, 0) is 18.6 Å². The molecule has 2 heterocycles. The molecule has 1 unspecified atom stereocenters. The standard InChI is InChI=1S/C13H16Cl2N2O4S/c1-21-6-5-17(9-4-7-22(19,20)8-9)13(18)12-10(14)2-3-11(15)16-12/h2-3,9H,4-8H2,1H3. The molecular weight excluding hydrogens is 351 g/mol. The van der Waals surface area contributed by atoms with E-state index in [9.17, 15) is 13.2 Å². The zero-order valence-corrected chi connectivity index (χ0v) is 14.3. The molecule has 0 bridgehead atoms. The number of methoxy groups -OCH3 is 1. The van der Waals surface area contributed by atoms with Gasteiger partial charge in [0.05, 0.1) is 23.1 Å². The quantitative estimate of drug-likeness (QED) is 0.740. The Morgan fingerprint density at radius 1 is 1.45 bits per heavy atom. The van der Waals surface area contributed by atoms with E-state index in [4.69, 9.17) is 27.9 Å². The van der Waals surface area contributed by atoms with Gasteiger partial charge < -0.3 is 9.64 Å². The van der Waals surface area contributed by atoms with Crippen molar-refractivity contribution in [2.24, 2.45) is 0 Å². The van der Waals surface area contributed by atoms with Gasteiger partial charge in [0.15, 0.2) is 9.84 Å². The average Bonchev–Trinajstić information content (AvgIpc) is 2.82. The van der Waals surface area contributed by atoms with E-state index in [0.717, 1.165) is 0 Å². The molecule has 0 saturated carbocycles. The third-order valence-electron chi connectivity index (χ3n) is 3.46. The Morgan fingerprint density at radius 3 is 2.77 bits per heavy atom. The number of amides is 1. The summed E-state index contributed by atoms with van der Waals surface area (Å²) in [5, 5.41) is 0.330. The lowest BCUT2D eigenvalue weighted by atomic mass is 10.2. The van der Waals surface area contributed by atoms with Crippen molar-refractivity contribution in [3.05, 3.63) is 28.0 Å². The van der Waals surface area contributed by atoms with Gasteiger partial charge in [-0.2, -0.15) is 0 Å². The number of rotatable bonds is 5. The molecule has 0 radical (unpaired) electrons. The van der Waals surface area contributed by atoms with Crippen LogP contribution in [0, 0.1) is 0 Å². The Labute approximate surface area is 139 Å². The molecule has 0 N–H and O–H groups in total. The van der Waals surface area contributed by atoms with Gasteiger partial charge in [0.2, 0.25) is 0 Å². The highest BCUT2D eigenvalue weighted by Gasteiger charge is 2.35. The molecule has 9 heteroatoms. The van der Waals surface area contributed by atoms with Crippen molar-refractivity contribution in [2.75, 3.05) is 31.8 Å². The van der Waals surface area contributed by atoms with Crippen LogP contribution in [0.15, 0.2) is 12.1 Å². The Kier molecular flexibility index (Phi) is 5.65. The molecule has 0 spiro atoms. The van der Waals surface area contributed by atoms with E-state index in [1.165, 1.54) is 24.1 Å². The second-order valence-corrected chi connectivity index (χ2v) is 8.04. The van der Waals surface area contributed by atoms with Crippen molar-refractivity contribution >= 4 is 38.9 Å². The number of ether oxygens (including phenoxy) is 1. The first-order valence-electron chi connectivity index (χ1n) is 6.66. The van der Waals surface area contributed by atoms with Crippen LogP contribution in [0.4, 0.5) is 0 Å². The molecule has 1 aromatic heterocycles. The van der Waals surface area contributed by atoms with Crippen molar-refractivity contribution in [3.63, 3.8) is 0 Å². The van der Waals surface area contributed by atoms with Gasteiger partial charge in [-0.3, -0.25) is 4.79 Å². The number of carbonyl (C=O) groups is 1. The van der Waals surface area contributed by atoms with Gasteiger partial charge >= 0.3 is 0 Å². The predicted octanol–water partition coefficient (Wildman–Crippen LogP) is 1.66. The van der Waals surface area contributed by atoms with Crippen molar-refractivity contribution in [2.45, 2.75) is 12.5 Å². The van der Waals surface area contributed by atoms with E-state index in [0.29, 0.717) is 13.0 Å². The number of hydrogen-bond donors (Lipinski definition) is 0. The molecule has 6 nitrogen and oxygen atoms in total. The fraction of sp³-hybridized carbons (Fsp3) is 0.538. The first-order chi connectivity index (χ1) is 10.3. The van der Waals surface area contributed by atoms with Crippen LogP contribution in [0.3, 0.4) is 0 Å². The van der Waals surface area contributed by atoms with Crippen LogP contribution in [-0.2, 0) is 14.6 Å². The number of pyridine rings is 1. The minimum absolute atomic E-state index is 0.0227. The van der Waals surface area contributed by atoms with Crippen LogP contribution in [0.5, 0.6) is 0 Å². The summed E-state index contributed by atoms with van der Waals surface area (Å²) in [5.74, 6) is -0.419. The maximum Gasteiger partial charge on any atom is 0.274 e. The largest absolute Gasteiger partial charge is 0.383 e. The minimum Gasteiger partial charge on any atom is -0.383 e. The van der Waals surface area contributed by atoms with Gasteiger partial charge in [0.1, 0.15) is 10.8 Å². The zero-order chi connectivity index (χ0) is 16.3. The third kappa shape index (κ3) is 4.10. The molecule has 1 aromatic rings. The van der Waals surface area contributed by atoms with E-state index < -0.39 is 21.8 Å². The van der Waals surface area contributed by atoms with Gasteiger partial charge in [0.25, 0.3) is 5.91 Å². The highest BCUT2D eigenvalue weighted by molar-refractivity contribution is 7.91. The summed E-state index contributed by atoms with van der Waals surface area (Å²) in [6, 6.07) is 2.58. The second kappa shape index (κ2) is 7.12. The molecule has 1 fully saturated rings. The van der Waals surface area contributed by atoms with E-state index >= 15 is 0 Å². The molecule has 2 rings (SSSR count). The van der Waals surface area contributed by atoms with Crippen LogP contribution < -0.4 is 0 Å². The first-order valence-corrected chi connectivity index (χ1v) is 9.24. The van der Waals surface area contributed by atoms with Crippen LogP contribution in [-0.4, -0.2) is 62.0 Å². The fourth-order valence-electron chi connectivity index (χ4n) is 2.37. The molecule has 1 aliphatic rings. The van der Waals surface area contributed by atoms with E-state index in [1.54, 1.807) is 0 Å². The lowest BCUT2D eigenvalue weighted by Crippen LogP contribution is -2.43. The molecule has 1 amide bonds. The summed E-state index contributed by atoms with van der Waals surface area (Å²) in [4.78, 5) is 18.1. The lowest BCUT2D eigenvalue weighted by Gasteiger charge is -2.28. The van der Waals surface area contributed by atoms with Crippen LogP contribution in [0.25, 0.3) is 0 Å². The SMILES string of the molecule is COCCN(C(=O)c1nc(Cl)ccc1Cl)C1CCS(=O)(=O)C1. The lowest BCUT2D eigenvalue weighted by molar-refractivity contribution is 0.0619. The average molecular weight is 367 g/mol. The molecule has 1 atom stereocenters. The maximum atomic E-state index is 12.7. The van der Waals surface area contributed by atoms with Crippen molar-refractivity contribution in [1.82, 2.24) is 9.88 Å². The smallest absolute Gasteiger partial charge is 0.274 e. The zero-order valence-electron chi connectivity index (χ0n) is 12.0. The second-order valence-electron chi connectivity index (χ2n) is 5.01. The summed E-state index contributed by atoms with van der Waals surface area (Å²) in [6.07, 6.45) is 0.399. The summed E-state index contributed by atoms with van der Waals surface area (Å²) >= 11 is 11.8. The third-order valence-corrected chi connectivity index (χ3v) is 5.73. The summed E-state index contributed by atoms with van der Waals surface area (Å²) in [6.45, 7) is 0.556. The van der Waals surface area contributed by atoms with Crippen molar-refractivity contribution in [3.8, 4) is 0 Å². The Balaban J connectivity index is 2.28. The molecule has 22 heavy (non-hydrogen) atoms. The normalized spacial score (nSPS) is 20.0. The molecule has 0 aromatic carbocycles. The number of nitrogens with zero attached hydrogens (tertiary/aromatic N) is 2. The van der Waals surface area contributed by atoms with Crippen molar-refractivity contribution < 1.29 is 17.9 Å². The molecular formula is C13H16Cl2N2O4S.